The van der Waals surface area contributed by atoms with Crippen molar-refractivity contribution in [1.29, 1.82) is 0 Å². The number of benzene rings is 3. The molecular formula is C25H26O3. The highest BCUT2D eigenvalue weighted by molar-refractivity contribution is 6.12. The summed E-state index contributed by atoms with van der Waals surface area (Å²) in [6, 6.07) is 16.7. The van der Waals surface area contributed by atoms with E-state index in [9.17, 15) is 9.90 Å². The van der Waals surface area contributed by atoms with Crippen molar-refractivity contribution in [1.82, 2.24) is 0 Å². The third-order valence-corrected chi connectivity index (χ3v) is 5.52. The van der Waals surface area contributed by atoms with E-state index in [-0.39, 0.29) is 5.78 Å². The molecule has 3 aromatic carbocycles. The van der Waals surface area contributed by atoms with Crippen LogP contribution in [0, 0.1) is 27.7 Å². The second-order valence-corrected chi connectivity index (χ2v) is 7.23. The first kappa shape index (κ1) is 19.8. The Morgan fingerprint density at radius 3 is 2.04 bits per heavy atom. The molecular weight excluding hydrogens is 348 g/mol. The summed E-state index contributed by atoms with van der Waals surface area (Å²) in [5, 5.41) is 11.0. The number of hydrogen-bond acceptors (Lipinski definition) is 3. The standard InChI is InChI=1S/C25H26O3/c1-15-14-16(2)18(4)23(17(15)3)25(27)22-9-7-6-8-21(22)24(26)19-10-12-20(28-5)13-11-19/h6-14,24,26H,1-5H3. The van der Waals surface area contributed by atoms with Gasteiger partial charge in [0.05, 0.1) is 7.11 Å². The molecule has 3 nitrogen and oxygen atoms in total. The third kappa shape index (κ3) is 3.58. The Labute approximate surface area is 166 Å². The first-order valence-electron chi connectivity index (χ1n) is 9.38. The van der Waals surface area contributed by atoms with E-state index in [2.05, 4.69) is 6.07 Å². The molecule has 1 N–H and O–H groups in total. The summed E-state index contributed by atoms with van der Waals surface area (Å²) in [5.41, 5.74) is 6.75. The molecule has 0 saturated heterocycles. The zero-order chi connectivity index (χ0) is 20.4. The van der Waals surface area contributed by atoms with E-state index in [0.29, 0.717) is 11.1 Å². The maximum absolute atomic E-state index is 13.5. The zero-order valence-electron chi connectivity index (χ0n) is 17.0. The molecule has 1 atom stereocenters. The number of ether oxygens (including phenoxy) is 1. The van der Waals surface area contributed by atoms with Gasteiger partial charge in [0, 0.05) is 11.1 Å². The molecule has 0 saturated carbocycles. The number of ketones is 1. The quantitative estimate of drug-likeness (QED) is 0.621. The summed E-state index contributed by atoms with van der Waals surface area (Å²) >= 11 is 0. The highest BCUT2D eigenvalue weighted by Gasteiger charge is 2.23. The highest BCUT2D eigenvalue weighted by atomic mass is 16.5. The number of aliphatic hydroxyl groups excluding tert-OH is 1. The van der Waals surface area contributed by atoms with Crippen molar-refractivity contribution in [2.24, 2.45) is 0 Å². The van der Waals surface area contributed by atoms with Gasteiger partial charge in [-0.1, -0.05) is 42.5 Å². The molecule has 0 aliphatic carbocycles. The van der Waals surface area contributed by atoms with Gasteiger partial charge in [0.25, 0.3) is 0 Å². The van der Waals surface area contributed by atoms with Gasteiger partial charge in [-0.25, -0.2) is 0 Å². The number of aliphatic hydroxyl groups is 1. The average molecular weight is 374 g/mol. The minimum absolute atomic E-state index is 0.0510. The van der Waals surface area contributed by atoms with Crippen molar-refractivity contribution in [2.75, 3.05) is 7.11 Å². The van der Waals surface area contributed by atoms with E-state index < -0.39 is 6.10 Å². The lowest BCUT2D eigenvalue weighted by Crippen LogP contribution is -2.13. The van der Waals surface area contributed by atoms with Crippen molar-refractivity contribution in [3.63, 3.8) is 0 Å². The third-order valence-electron chi connectivity index (χ3n) is 5.52. The topological polar surface area (TPSA) is 46.5 Å². The van der Waals surface area contributed by atoms with Crippen LogP contribution in [0.5, 0.6) is 5.75 Å². The molecule has 28 heavy (non-hydrogen) atoms. The van der Waals surface area contributed by atoms with Gasteiger partial charge in [-0.2, -0.15) is 0 Å². The summed E-state index contributed by atoms with van der Waals surface area (Å²) in [6.45, 7) is 8.02. The summed E-state index contributed by atoms with van der Waals surface area (Å²) in [7, 11) is 1.61. The molecule has 1 unspecified atom stereocenters. The van der Waals surface area contributed by atoms with E-state index in [1.54, 1.807) is 25.3 Å². The van der Waals surface area contributed by atoms with Crippen LogP contribution in [0.1, 0.15) is 55.4 Å². The number of aryl methyl sites for hydroxylation is 2. The number of rotatable bonds is 5. The van der Waals surface area contributed by atoms with Gasteiger partial charge in [0.1, 0.15) is 11.9 Å². The van der Waals surface area contributed by atoms with Crippen molar-refractivity contribution in [3.8, 4) is 5.75 Å². The number of hydrogen-bond donors (Lipinski definition) is 1. The lowest BCUT2D eigenvalue weighted by Gasteiger charge is -2.19. The normalized spacial score (nSPS) is 11.9. The number of carbonyl (C=O) groups is 1. The fourth-order valence-corrected chi connectivity index (χ4v) is 3.60. The molecule has 0 spiro atoms. The van der Waals surface area contributed by atoms with E-state index in [4.69, 9.17) is 4.74 Å². The van der Waals surface area contributed by atoms with Crippen LogP contribution in [0.3, 0.4) is 0 Å². The van der Waals surface area contributed by atoms with Crippen LogP contribution in [0.15, 0.2) is 54.6 Å². The fraction of sp³-hybridized carbons (Fsp3) is 0.240. The minimum atomic E-state index is -0.891. The molecule has 3 aromatic rings. The Balaban J connectivity index is 2.09. The van der Waals surface area contributed by atoms with Crippen molar-refractivity contribution in [3.05, 3.63) is 99.1 Å². The van der Waals surface area contributed by atoms with Crippen molar-refractivity contribution < 1.29 is 14.6 Å². The lowest BCUT2D eigenvalue weighted by molar-refractivity contribution is 0.103. The van der Waals surface area contributed by atoms with Gasteiger partial charge in [0.15, 0.2) is 5.78 Å². The Kier molecular flexibility index (Phi) is 5.66. The van der Waals surface area contributed by atoms with Crippen LogP contribution in [0.2, 0.25) is 0 Å². The smallest absolute Gasteiger partial charge is 0.193 e. The van der Waals surface area contributed by atoms with E-state index in [1.807, 2.05) is 58.0 Å². The SMILES string of the molecule is COc1ccc(C(O)c2ccccc2C(=O)c2c(C)c(C)cc(C)c2C)cc1. The van der Waals surface area contributed by atoms with E-state index >= 15 is 0 Å². The van der Waals surface area contributed by atoms with Gasteiger partial charge in [0.2, 0.25) is 0 Å². The molecule has 3 rings (SSSR count). The Morgan fingerprint density at radius 2 is 1.46 bits per heavy atom. The fourth-order valence-electron chi connectivity index (χ4n) is 3.60. The highest BCUT2D eigenvalue weighted by Crippen LogP contribution is 2.30. The van der Waals surface area contributed by atoms with Gasteiger partial charge in [-0.05, 0) is 73.2 Å². The van der Waals surface area contributed by atoms with Crippen LogP contribution in [-0.2, 0) is 0 Å². The van der Waals surface area contributed by atoms with E-state index in [1.165, 1.54) is 0 Å². The zero-order valence-corrected chi connectivity index (χ0v) is 17.0. The van der Waals surface area contributed by atoms with Gasteiger partial charge >= 0.3 is 0 Å². The maximum atomic E-state index is 13.5. The van der Waals surface area contributed by atoms with Gasteiger partial charge < -0.3 is 9.84 Å². The molecule has 3 heteroatoms. The summed E-state index contributed by atoms with van der Waals surface area (Å²) in [6.07, 6.45) is -0.891. The minimum Gasteiger partial charge on any atom is -0.497 e. The molecule has 144 valence electrons. The summed E-state index contributed by atoms with van der Waals surface area (Å²) in [4.78, 5) is 13.5. The molecule has 0 aliphatic rings. The van der Waals surface area contributed by atoms with Gasteiger partial charge in [-0.3, -0.25) is 4.79 Å². The Morgan fingerprint density at radius 1 is 0.893 bits per heavy atom. The molecule has 0 aliphatic heterocycles. The first-order chi connectivity index (χ1) is 13.3. The van der Waals surface area contributed by atoms with E-state index in [0.717, 1.165) is 39.1 Å². The summed E-state index contributed by atoms with van der Waals surface area (Å²) < 4.78 is 5.19. The molecule has 0 radical (unpaired) electrons. The largest absolute Gasteiger partial charge is 0.497 e. The van der Waals surface area contributed by atoms with Crippen LogP contribution >= 0.6 is 0 Å². The Bertz CT molecular complexity index is 990. The number of carbonyl (C=O) groups excluding carboxylic acids is 1. The summed E-state index contributed by atoms with van der Waals surface area (Å²) in [5.74, 6) is 0.673. The second kappa shape index (κ2) is 7.99. The molecule has 0 amide bonds. The predicted octanol–water partition coefficient (Wildman–Crippen LogP) is 5.24. The predicted molar refractivity (Wildman–Crippen MR) is 112 cm³/mol. The molecule has 0 aromatic heterocycles. The van der Waals surface area contributed by atoms with Crippen LogP contribution in [0.4, 0.5) is 0 Å². The van der Waals surface area contributed by atoms with Crippen LogP contribution < -0.4 is 4.74 Å². The lowest BCUT2D eigenvalue weighted by atomic mass is 9.86. The molecule has 0 heterocycles. The monoisotopic (exact) mass is 374 g/mol. The van der Waals surface area contributed by atoms with Crippen LogP contribution in [-0.4, -0.2) is 18.0 Å². The second-order valence-electron chi connectivity index (χ2n) is 7.23. The Hall–Kier alpha value is -2.91. The van der Waals surface area contributed by atoms with Crippen LogP contribution in [0.25, 0.3) is 0 Å². The van der Waals surface area contributed by atoms with Crippen molar-refractivity contribution >= 4 is 5.78 Å². The van der Waals surface area contributed by atoms with Crippen molar-refractivity contribution in [2.45, 2.75) is 33.8 Å². The molecule has 0 fully saturated rings. The first-order valence-corrected chi connectivity index (χ1v) is 9.38. The molecule has 0 bridgehead atoms. The number of methoxy groups -OCH3 is 1. The average Bonchev–Trinajstić information content (AvgIpc) is 2.72. The maximum Gasteiger partial charge on any atom is 0.193 e. The van der Waals surface area contributed by atoms with Gasteiger partial charge in [-0.15, -0.1) is 0 Å².